The van der Waals surface area contributed by atoms with Gasteiger partial charge in [0.2, 0.25) is 5.91 Å². The lowest BCUT2D eigenvalue weighted by molar-refractivity contribution is -0.122. The van der Waals surface area contributed by atoms with E-state index < -0.39 is 17.3 Å². The third kappa shape index (κ3) is 4.92. The number of carbonyl (C=O) groups is 1. The molecule has 1 atom stereocenters. The molecule has 150 valence electrons. The summed E-state index contributed by atoms with van der Waals surface area (Å²) in [5.41, 5.74) is 9.38. The number of nitrogens with zero attached hydrogens (tertiary/aromatic N) is 2. The molecule has 0 fully saturated rings. The minimum absolute atomic E-state index is 0.156. The second kappa shape index (κ2) is 7.94. The Morgan fingerprint density at radius 3 is 2.52 bits per heavy atom. The second-order valence-corrected chi connectivity index (χ2v) is 7.93. The van der Waals surface area contributed by atoms with Gasteiger partial charge in [-0.25, -0.2) is 4.79 Å². The Balaban J connectivity index is 1.73. The highest BCUT2D eigenvalue weighted by molar-refractivity contribution is 5.80. The first kappa shape index (κ1) is 20.4. The molecule has 0 saturated carbocycles. The normalized spacial score (nSPS) is 12.5. The number of aromatic nitrogens is 1. The number of hydrogen-bond acceptors (Lipinski definition) is 5. The van der Waals surface area contributed by atoms with Crippen LogP contribution >= 0.6 is 0 Å². The number of fused-ring (bicyclic) bond motifs is 1. The highest BCUT2D eigenvalue weighted by Crippen LogP contribution is 2.24. The fourth-order valence-electron chi connectivity index (χ4n) is 3.16. The van der Waals surface area contributed by atoms with E-state index in [1.54, 1.807) is 27.0 Å². The number of oxazole rings is 1. The minimum Gasteiger partial charge on any atom is -0.408 e. The van der Waals surface area contributed by atoms with Crippen molar-refractivity contribution in [2.75, 3.05) is 0 Å². The van der Waals surface area contributed by atoms with Crippen LogP contribution < -0.4 is 16.8 Å². The molecule has 3 rings (SSSR count). The molecule has 1 aromatic heterocycles. The average Bonchev–Trinajstić information content (AvgIpc) is 2.94. The molecule has 0 aliphatic carbocycles. The summed E-state index contributed by atoms with van der Waals surface area (Å²) in [4.78, 5) is 23.7. The van der Waals surface area contributed by atoms with Crippen molar-refractivity contribution in [2.24, 2.45) is 12.8 Å². The van der Waals surface area contributed by atoms with E-state index in [-0.39, 0.29) is 12.3 Å². The molecule has 29 heavy (non-hydrogen) atoms. The standard InChI is InChI=1S/C22H24N4O3/c1-22(2,24)12-20(27)25-17(13-23)10-14-4-6-15(7-5-14)16-8-9-19-18(11-16)26(3)21(28)29-19/h4-9,11,17H,10,12,24H2,1-3H3,(H,25,27)/t17-/m0/s1. The van der Waals surface area contributed by atoms with Gasteiger partial charge >= 0.3 is 5.76 Å². The smallest absolute Gasteiger partial charge is 0.408 e. The van der Waals surface area contributed by atoms with Gasteiger partial charge in [0.25, 0.3) is 0 Å². The molecule has 7 heteroatoms. The van der Waals surface area contributed by atoms with Crippen LogP contribution in [0.25, 0.3) is 22.2 Å². The first-order valence-corrected chi connectivity index (χ1v) is 9.33. The first-order valence-electron chi connectivity index (χ1n) is 9.33. The van der Waals surface area contributed by atoms with Gasteiger partial charge in [-0.05, 0) is 42.7 Å². The summed E-state index contributed by atoms with van der Waals surface area (Å²) in [6.07, 6.45) is 0.561. The Morgan fingerprint density at radius 1 is 1.24 bits per heavy atom. The molecule has 7 nitrogen and oxygen atoms in total. The number of rotatable bonds is 6. The minimum atomic E-state index is -0.620. The lowest BCUT2D eigenvalue weighted by Gasteiger charge is -2.19. The van der Waals surface area contributed by atoms with Gasteiger partial charge in [-0.2, -0.15) is 5.26 Å². The fraction of sp³-hybridized carbons (Fsp3) is 0.318. The summed E-state index contributed by atoms with van der Waals surface area (Å²) in [6, 6.07) is 14.8. The van der Waals surface area contributed by atoms with Crippen LogP contribution in [0.5, 0.6) is 0 Å². The highest BCUT2D eigenvalue weighted by Gasteiger charge is 2.19. The zero-order valence-corrected chi connectivity index (χ0v) is 16.7. The molecule has 0 aliphatic heterocycles. The Labute approximate surface area is 168 Å². The molecule has 0 unspecified atom stereocenters. The van der Waals surface area contributed by atoms with E-state index in [9.17, 15) is 14.9 Å². The van der Waals surface area contributed by atoms with Crippen LogP contribution in [0.4, 0.5) is 0 Å². The number of aryl methyl sites for hydroxylation is 1. The molecule has 3 N–H and O–H groups in total. The number of nitriles is 1. The number of hydrogen-bond donors (Lipinski definition) is 2. The largest absolute Gasteiger partial charge is 0.419 e. The topological polar surface area (TPSA) is 114 Å². The molecule has 0 aliphatic rings. The third-order valence-electron chi connectivity index (χ3n) is 4.63. The maximum Gasteiger partial charge on any atom is 0.419 e. The molecule has 0 radical (unpaired) electrons. The van der Waals surface area contributed by atoms with Crippen molar-refractivity contribution in [2.45, 2.75) is 38.3 Å². The SMILES string of the molecule is Cn1c(=O)oc2ccc(-c3ccc(C[C@@H](C#N)NC(=O)CC(C)(C)N)cc3)cc21. The maximum absolute atomic E-state index is 12.0. The van der Waals surface area contributed by atoms with Gasteiger partial charge in [-0.3, -0.25) is 9.36 Å². The molecular weight excluding hydrogens is 368 g/mol. The van der Waals surface area contributed by atoms with E-state index in [0.717, 1.165) is 22.2 Å². The van der Waals surface area contributed by atoms with Crippen LogP contribution in [0.3, 0.4) is 0 Å². The Hall–Kier alpha value is -3.37. The van der Waals surface area contributed by atoms with Gasteiger partial charge in [-0.1, -0.05) is 30.3 Å². The molecule has 0 bridgehead atoms. The van der Waals surface area contributed by atoms with Gasteiger partial charge < -0.3 is 15.5 Å². The molecule has 0 spiro atoms. The maximum atomic E-state index is 12.0. The van der Waals surface area contributed by atoms with Crippen LogP contribution in [0, 0.1) is 11.3 Å². The first-order chi connectivity index (χ1) is 13.7. The summed E-state index contributed by atoms with van der Waals surface area (Å²) in [6.45, 7) is 3.54. The van der Waals surface area contributed by atoms with E-state index in [0.29, 0.717) is 12.0 Å². The van der Waals surface area contributed by atoms with Crippen LogP contribution in [0.2, 0.25) is 0 Å². The number of nitrogens with one attached hydrogen (secondary N) is 1. The van der Waals surface area contributed by atoms with Gasteiger partial charge in [-0.15, -0.1) is 0 Å². The number of amides is 1. The average molecular weight is 392 g/mol. The molecule has 3 aromatic rings. The molecule has 0 saturated heterocycles. The predicted molar refractivity (Wildman–Crippen MR) is 111 cm³/mol. The van der Waals surface area contributed by atoms with Crippen molar-refractivity contribution in [3.8, 4) is 17.2 Å². The van der Waals surface area contributed by atoms with Crippen molar-refractivity contribution in [3.63, 3.8) is 0 Å². The van der Waals surface area contributed by atoms with Gasteiger partial charge in [0, 0.05) is 25.4 Å². The van der Waals surface area contributed by atoms with E-state index in [2.05, 4.69) is 11.4 Å². The molecule has 2 aromatic carbocycles. The number of benzene rings is 2. The Kier molecular flexibility index (Phi) is 5.57. The lowest BCUT2D eigenvalue weighted by Crippen LogP contribution is -2.42. The van der Waals surface area contributed by atoms with Crippen molar-refractivity contribution in [1.29, 1.82) is 5.26 Å². The molecule has 1 amide bonds. The summed E-state index contributed by atoms with van der Waals surface area (Å²) in [5.74, 6) is -0.630. The summed E-state index contributed by atoms with van der Waals surface area (Å²) in [5, 5.41) is 12.1. The van der Waals surface area contributed by atoms with Crippen molar-refractivity contribution >= 4 is 17.0 Å². The lowest BCUT2D eigenvalue weighted by atomic mass is 9.99. The number of nitrogens with two attached hydrogens (primary N) is 1. The van der Waals surface area contributed by atoms with Gasteiger partial charge in [0.15, 0.2) is 5.58 Å². The second-order valence-electron chi connectivity index (χ2n) is 7.93. The van der Waals surface area contributed by atoms with Gasteiger partial charge in [0.05, 0.1) is 11.6 Å². The quantitative estimate of drug-likeness (QED) is 0.669. The Morgan fingerprint density at radius 2 is 1.90 bits per heavy atom. The van der Waals surface area contributed by atoms with Crippen molar-refractivity contribution in [1.82, 2.24) is 9.88 Å². The highest BCUT2D eigenvalue weighted by atomic mass is 16.4. The Bertz CT molecular complexity index is 1130. The van der Waals surface area contributed by atoms with E-state index in [1.165, 1.54) is 4.57 Å². The van der Waals surface area contributed by atoms with Crippen LogP contribution in [0.15, 0.2) is 51.7 Å². The summed E-state index contributed by atoms with van der Waals surface area (Å²) in [7, 11) is 1.67. The summed E-state index contributed by atoms with van der Waals surface area (Å²) >= 11 is 0. The molecule has 1 heterocycles. The predicted octanol–water partition coefficient (Wildman–Crippen LogP) is 2.48. The van der Waals surface area contributed by atoms with E-state index in [4.69, 9.17) is 10.2 Å². The summed E-state index contributed by atoms with van der Waals surface area (Å²) < 4.78 is 6.63. The number of carbonyl (C=O) groups excluding carboxylic acids is 1. The monoisotopic (exact) mass is 392 g/mol. The third-order valence-corrected chi connectivity index (χ3v) is 4.63. The van der Waals surface area contributed by atoms with E-state index >= 15 is 0 Å². The van der Waals surface area contributed by atoms with Crippen LogP contribution in [-0.2, 0) is 18.3 Å². The fourth-order valence-corrected chi connectivity index (χ4v) is 3.16. The van der Waals surface area contributed by atoms with Crippen molar-refractivity contribution < 1.29 is 9.21 Å². The zero-order valence-electron chi connectivity index (χ0n) is 16.7. The van der Waals surface area contributed by atoms with Gasteiger partial charge in [0.1, 0.15) is 6.04 Å². The van der Waals surface area contributed by atoms with Crippen LogP contribution in [0.1, 0.15) is 25.8 Å². The molecular formula is C22H24N4O3. The zero-order chi connectivity index (χ0) is 21.2. The van der Waals surface area contributed by atoms with E-state index in [1.807, 2.05) is 36.4 Å². The van der Waals surface area contributed by atoms with Crippen LogP contribution in [-0.4, -0.2) is 22.1 Å². The van der Waals surface area contributed by atoms with Crippen molar-refractivity contribution in [3.05, 3.63) is 58.6 Å².